The highest BCUT2D eigenvalue weighted by molar-refractivity contribution is 5.94. The van der Waals surface area contributed by atoms with Crippen LogP contribution in [0.3, 0.4) is 0 Å². The van der Waals surface area contributed by atoms with Crippen LogP contribution in [0.5, 0.6) is 0 Å². The van der Waals surface area contributed by atoms with Crippen molar-refractivity contribution >= 4 is 17.4 Å². The second-order valence-electron chi connectivity index (χ2n) is 4.71. The molecule has 17 heavy (non-hydrogen) atoms. The number of nitrogens with zero attached hydrogens (tertiary/aromatic N) is 1. The number of benzene rings is 1. The van der Waals surface area contributed by atoms with Crippen LogP contribution in [-0.2, 0) is 0 Å². The second kappa shape index (κ2) is 5.08. The Kier molecular flexibility index (Phi) is 3.52. The summed E-state index contributed by atoms with van der Waals surface area (Å²) < 4.78 is 0. The Hall–Kier alpha value is -1.71. The molecule has 1 saturated heterocycles. The van der Waals surface area contributed by atoms with Crippen LogP contribution in [0.15, 0.2) is 24.3 Å². The molecule has 0 atom stereocenters. The van der Waals surface area contributed by atoms with Gasteiger partial charge in [0.15, 0.2) is 0 Å². The molecule has 1 fully saturated rings. The minimum absolute atomic E-state index is 0.00832. The first-order chi connectivity index (χ1) is 8.16. The average Bonchev–Trinajstić information content (AvgIpc) is 2.73. The summed E-state index contributed by atoms with van der Waals surface area (Å²) in [5.41, 5.74) is 2.02. The van der Waals surface area contributed by atoms with Crippen LogP contribution in [0.2, 0.25) is 0 Å². The Morgan fingerprint density at radius 1 is 1.47 bits per heavy atom. The summed E-state index contributed by atoms with van der Waals surface area (Å²) in [6.07, 6.45) is 0. The lowest BCUT2D eigenvalue weighted by molar-refractivity contribution is 0.252. The minimum atomic E-state index is -0.00832. The van der Waals surface area contributed by atoms with Gasteiger partial charge < -0.3 is 10.6 Å². The van der Waals surface area contributed by atoms with Crippen LogP contribution < -0.4 is 15.5 Å². The van der Waals surface area contributed by atoms with Crippen molar-refractivity contribution in [3.63, 3.8) is 0 Å². The molecule has 0 unspecified atom stereocenters. The van der Waals surface area contributed by atoms with Crippen LogP contribution in [0.25, 0.3) is 0 Å². The fourth-order valence-corrected chi connectivity index (χ4v) is 1.82. The number of urea groups is 1. The molecule has 1 aromatic carbocycles. The Morgan fingerprint density at radius 3 is 2.94 bits per heavy atom. The topological polar surface area (TPSA) is 44.4 Å². The lowest BCUT2D eigenvalue weighted by Crippen LogP contribution is -2.27. The van der Waals surface area contributed by atoms with E-state index >= 15 is 0 Å². The van der Waals surface area contributed by atoms with Crippen molar-refractivity contribution in [1.82, 2.24) is 5.32 Å². The van der Waals surface area contributed by atoms with Crippen LogP contribution in [0.4, 0.5) is 16.2 Å². The lowest BCUT2D eigenvalue weighted by Gasteiger charge is -2.16. The Balaban J connectivity index is 2.08. The highest BCUT2D eigenvalue weighted by Crippen LogP contribution is 2.21. The zero-order chi connectivity index (χ0) is 12.3. The molecule has 1 aliphatic rings. The van der Waals surface area contributed by atoms with E-state index in [-0.39, 0.29) is 6.03 Å². The van der Waals surface area contributed by atoms with E-state index in [1.165, 1.54) is 0 Å². The number of nitrogens with one attached hydrogen (secondary N) is 2. The maximum atomic E-state index is 11.5. The smallest absolute Gasteiger partial charge is 0.321 e. The van der Waals surface area contributed by atoms with E-state index in [9.17, 15) is 4.79 Å². The number of carbonyl (C=O) groups is 1. The van der Waals surface area contributed by atoms with E-state index in [2.05, 4.69) is 24.5 Å². The van der Waals surface area contributed by atoms with Crippen molar-refractivity contribution < 1.29 is 4.79 Å². The Morgan fingerprint density at radius 2 is 2.29 bits per heavy atom. The summed E-state index contributed by atoms with van der Waals surface area (Å²) in [6.45, 7) is 6.75. The van der Waals surface area contributed by atoms with Gasteiger partial charge in [-0.3, -0.25) is 4.90 Å². The number of carbonyl (C=O) groups excluding carboxylic acids is 1. The van der Waals surface area contributed by atoms with E-state index < -0.39 is 0 Å². The molecule has 92 valence electrons. The molecule has 4 heteroatoms. The second-order valence-corrected chi connectivity index (χ2v) is 4.71. The van der Waals surface area contributed by atoms with Gasteiger partial charge in [0.05, 0.1) is 0 Å². The molecule has 0 aliphatic carbocycles. The molecule has 1 aliphatic heterocycles. The first kappa shape index (κ1) is 11.8. The molecule has 1 aromatic rings. The molecule has 0 radical (unpaired) electrons. The predicted molar refractivity (Wildman–Crippen MR) is 70.5 cm³/mol. The summed E-state index contributed by atoms with van der Waals surface area (Å²) >= 11 is 0. The summed E-state index contributed by atoms with van der Waals surface area (Å²) in [7, 11) is 0. The third kappa shape index (κ3) is 2.90. The number of hydrogen-bond donors (Lipinski definition) is 2. The molecule has 0 saturated carbocycles. The first-order valence-electron chi connectivity index (χ1n) is 6.06. The van der Waals surface area contributed by atoms with Crippen molar-refractivity contribution in [1.29, 1.82) is 0 Å². The fraction of sp³-hybridized carbons (Fsp3) is 0.462. The first-order valence-corrected chi connectivity index (χ1v) is 6.06. The summed E-state index contributed by atoms with van der Waals surface area (Å²) in [4.78, 5) is 13.3. The fourth-order valence-electron chi connectivity index (χ4n) is 1.82. The van der Waals surface area contributed by atoms with E-state index in [1.54, 1.807) is 4.90 Å². The van der Waals surface area contributed by atoms with Crippen LogP contribution in [0.1, 0.15) is 13.8 Å². The van der Waals surface area contributed by atoms with Crippen molar-refractivity contribution in [2.75, 3.05) is 29.9 Å². The standard InChI is InChI=1S/C13H19N3O/c1-10(2)9-15-11-4-3-5-12(8-11)16-7-6-14-13(16)17/h3-5,8,10,15H,6-7,9H2,1-2H3,(H,14,17). The van der Waals surface area contributed by atoms with Crippen molar-refractivity contribution in [2.24, 2.45) is 5.92 Å². The summed E-state index contributed by atoms with van der Waals surface area (Å²) in [5, 5.41) is 6.17. The van der Waals surface area contributed by atoms with Crippen LogP contribution in [0, 0.1) is 5.92 Å². The molecule has 4 nitrogen and oxygen atoms in total. The molecule has 2 rings (SSSR count). The quantitative estimate of drug-likeness (QED) is 0.838. The van der Waals surface area contributed by atoms with Crippen LogP contribution in [-0.4, -0.2) is 25.7 Å². The normalized spacial score (nSPS) is 15.2. The van der Waals surface area contributed by atoms with Gasteiger partial charge in [-0.25, -0.2) is 4.79 Å². The van der Waals surface area contributed by atoms with Crippen molar-refractivity contribution in [3.8, 4) is 0 Å². The van der Waals surface area contributed by atoms with E-state index in [0.29, 0.717) is 5.92 Å². The van der Waals surface area contributed by atoms with Gasteiger partial charge in [0.1, 0.15) is 0 Å². The Bertz CT molecular complexity index is 403. The van der Waals surface area contributed by atoms with Crippen molar-refractivity contribution in [3.05, 3.63) is 24.3 Å². The van der Waals surface area contributed by atoms with E-state index in [1.807, 2.05) is 24.3 Å². The Labute approximate surface area is 102 Å². The maximum Gasteiger partial charge on any atom is 0.321 e. The molecule has 0 bridgehead atoms. The highest BCUT2D eigenvalue weighted by Gasteiger charge is 2.20. The molecule has 2 amide bonds. The third-order valence-electron chi connectivity index (χ3n) is 2.73. The zero-order valence-corrected chi connectivity index (χ0v) is 10.4. The van der Waals surface area contributed by atoms with Crippen molar-refractivity contribution in [2.45, 2.75) is 13.8 Å². The molecule has 1 heterocycles. The molecular weight excluding hydrogens is 214 g/mol. The van der Waals surface area contributed by atoms with Gasteiger partial charge in [0.2, 0.25) is 0 Å². The third-order valence-corrected chi connectivity index (χ3v) is 2.73. The van der Waals surface area contributed by atoms with Gasteiger partial charge in [-0.15, -0.1) is 0 Å². The SMILES string of the molecule is CC(C)CNc1cccc(N2CCNC2=O)c1. The van der Waals surface area contributed by atoms with Gasteiger partial charge in [-0.05, 0) is 24.1 Å². The highest BCUT2D eigenvalue weighted by atomic mass is 16.2. The maximum absolute atomic E-state index is 11.5. The average molecular weight is 233 g/mol. The van der Waals surface area contributed by atoms with Crippen LogP contribution >= 0.6 is 0 Å². The van der Waals surface area contributed by atoms with E-state index in [4.69, 9.17) is 0 Å². The van der Waals surface area contributed by atoms with Gasteiger partial charge in [-0.1, -0.05) is 19.9 Å². The monoisotopic (exact) mass is 233 g/mol. The van der Waals surface area contributed by atoms with Gasteiger partial charge in [0, 0.05) is 31.0 Å². The van der Waals surface area contributed by atoms with Gasteiger partial charge in [0.25, 0.3) is 0 Å². The molecular formula is C13H19N3O. The number of amides is 2. The molecule has 0 spiro atoms. The number of rotatable bonds is 4. The summed E-state index contributed by atoms with van der Waals surface area (Å²) in [5.74, 6) is 0.605. The van der Waals surface area contributed by atoms with Gasteiger partial charge in [-0.2, -0.15) is 0 Å². The minimum Gasteiger partial charge on any atom is -0.385 e. The zero-order valence-electron chi connectivity index (χ0n) is 10.4. The number of hydrogen-bond acceptors (Lipinski definition) is 2. The lowest BCUT2D eigenvalue weighted by atomic mass is 10.2. The largest absolute Gasteiger partial charge is 0.385 e. The summed E-state index contributed by atoms with van der Waals surface area (Å²) in [6, 6.07) is 7.98. The van der Waals surface area contributed by atoms with E-state index in [0.717, 1.165) is 31.0 Å². The predicted octanol–water partition coefficient (Wildman–Crippen LogP) is 2.28. The number of anilines is 2. The molecule has 0 aromatic heterocycles. The van der Waals surface area contributed by atoms with Gasteiger partial charge >= 0.3 is 6.03 Å². The molecule has 2 N–H and O–H groups in total.